The van der Waals surface area contributed by atoms with Crippen molar-refractivity contribution in [1.82, 2.24) is 20.2 Å². The monoisotopic (exact) mass is 409 g/mol. The van der Waals surface area contributed by atoms with Crippen LogP contribution in [0.15, 0.2) is 64.0 Å². The molecule has 1 aliphatic rings. The molecule has 29 heavy (non-hydrogen) atoms. The van der Waals surface area contributed by atoms with Gasteiger partial charge >= 0.3 is 0 Å². The van der Waals surface area contributed by atoms with Gasteiger partial charge in [-0.05, 0) is 41.1 Å². The Balaban J connectivity index is 1.52. The number of hydrogen-bond donors (Lipinski definition) is 0. The first-order valence-corrected chi connectivity index (χ1v) is 10.3. The molecule has 3 aromatic rings. The van der Waals surface area contributed by atoms with Crippen molar-refractivity contribution in [2.24, 2.45) is 0 Å². The van der Waals surface area contributed by atoms with E-state index < -0.39 is 0 Å². The van der Waals surface area contributed by atoms with Crippen molar-refractivity contribution in [2.75, 3.05) is 11.9 Å². The third kappa shape index (κ3) is 3.60. The lowest BCUT2D eigenvalue weighted by Gasteiger charge is -2.24. The summed E-state index contributed by atoms with van der Waals surface area (Å²) in [6, 6.07) is 12.0. The summed E-state index contributed by atoms with van der Waals surface area (Å²) < 4.78 is 7.00. The summed E-state index contributed by atoms with van der Waals surface area (Å²) >= 11 is 1.35. The van der Waals surface area contributed by atoms with Crippen molar-refractivity contribution < 1.29 is 9.21 Å². The number of aromatic nitrogens is 4. The van der Waals surface area contributed by atoms with Crippen LogP contribution in [-0.4, -0.2) is 38.3 Å². The first-order chi connectivity index (χ1) is 13.9. The number of carbonyl (C=O) groups excluding carboxylic acids is 1. The average Bonchev–Trinajstić information content (AvgIpc) is 3.41. The molecule has 0 amide bonds. The van der Waals surface area contributed by atoms with Crippen LogP contribution >= 0.6 is 11.8 Å². The maximum absolute atomic E-state index is 13.0. The fourth-order valence-corrected chi connectivity index (χ4v) is 4.46. The summed E-state index contributed by atoms with van der Waals surface area (Å²) in [5, 5.41) is 12.1. The number of allylic oxidation sites excluding steroid dienone is 2. The molecule has 0 aliphatic carbocycles. The van der Waals surface area contributed by atoms with Crippen LogP contribution in [0.4, 0.5) is 5.69 Å². The number of likely N-dealkylation sites (N-methyl/N-ethyl adjacent to an activating group) is 1. The number of furan rings is 1. The van der Waals surface area contributed by atoms with E-state index in [-0.39, 0.29) is 16.4 Å². The number of ketones is 1. The fraction of sp³-hybridized carbons (Fsp3) is 0.333. The highest BCUT2D eigenvalue weighted by molar-refractivity contribution is 8.00. The van der Waals surface area contributed by atoms with Crippen LogP contribution in [0, 0.1) is 0 Å². The molecule has 1 aromatic carbocycles. The number of rotatable bonds is 6. The molecule has 4 rings (SSSR count). The third-order valence-electron chi connectivity index (χ3n) is 5.29. The van der Waals surface area contributed by atoms with E-state index in [2.05, 4.69) is 46.4 Å². The number of para-hydroxylation sites is 1. The molecule has 0 N–H and O–H groups in total. The lowest BCUT2D eigenvalue weighted by atomic mass is 9.83. The topological polar surface area (TPSA) is 77.0 Å². The second-order valence-corrected chi connectivity index (χ2v) is 8.90. The number of anilines is 1. The number of nitrogens with zero attached hydrogens (tertiary/aromatic N) is 5. The highest BCUT2D eigenvalue weighted by atomic mass is 32.2. The van der Waals surface area contributed by atoms with E-state index in [0.717, 1.165) is 17.1 Å². The molecule has 0 fully saturated rings. The predicted molar refractivity (Wildman–Crippen MR) is 112 cm³/mol. The molecule has 0 bridgehead atoms. The quantitative estimate of drug-likeness (QED) is 0.454. The molecule has 0 radical (unpaired) electrons. The Morgan fingerprint density at radius 2 is 2.07 bits per heavy atom. The number of tetrazole rings is 1. The Morgan fingerprint density at radius 1 is 1.28 bits per heavy atom. The van der Waals surface area contributed by atoms with Gasteiger partial charge in [-0.15, -0.1) is 5.10 Å². The van der Waals surface area contributed by atoms with Crippen LogP contribution in [-0.2, 0) is 16.8 Å². The Kier molecular flexibility index (Phi) is 5.04. The van der Waals surface area contributed by atoms with E-state index in [0.29, 0.717) is 11.7 Å². The Bertz CT molecular complexity index is 1050. The van der Waals surface area contributed by atoms with Crippen LogP contribution in [0.1, 0.15) is 32.1 Å². The molecule has 8 heteroatoms. The molecule has 1 aliphatic heterocycles. The summed E-state index contributed by atoms with van der Waals surface area (Å²) in [5.74, 6) is 0.789. The first-order valence-electron chi connectivity index (χ1n) is 9.42. The highest BCUT2D eigenvalue weighted by Gasteiger charge is 2.38. The molecule has 1 atom stereocenters. The van der Waals surface area contributed by atoms with Crippen molar-refractivity contribution in [3.8, 4) is 0 Å². The minimum Gasteiger partial charge on any atom is -0.467 e. The lowest BCUT2D eigenvalue weighted by molar-refractivity contribution is -0.114. The van der Waals surface area contributed by atoms with Crippen molar-refractivity contribution in [1.29, 1.82) is 0 Å². The SMILES string of the molecule is CC(Sc1nnnn1Cc1ccco1)C(=O)/C=C1\N(C)c2ccccc2C1(C)C. The van der Waals surface area contributed by atoms with E-state index in [9.17, 15) is 4.79 Å². The summed E-state index contributed by atoms with van der Waals surface area (Å²) in [6.07, 6.45) is 3.38. The molecular weight excluding hydrogens is 386 g/mol. The number of thioether (sulfide) groups is 1. The maximum Gasteiger partial charge on any atom is 0.210 e. The second kappa shape index (κ2) is 7.51. The van der Waals surface area contributed by atoms with Gasteiger partial charge in [-0.1, -0.05) is 43.8 Å². The molecule has 7 nitrogen and oxygen atoms in total. The third-order valence-corrected chi connectivity index (χ3v) is 6.38. The van der Waals surface area contributed by atoms with Gasteiger partial charge in [0.05, 0.1) is 11.5 Å². The first kappa shape index (κ1) is 19.4. The fourth-order valence-electron chi connectivity index (χ4n) is 3.66. The van der Waals surface area contributed by atoms with Gasteiger partial charge < -0.3 is 9.32 Å². The van der Waals surface area contributed by atoms with E-state index in [1.807, 2.05) is 38.2 Å². The zero-order valence-corrected chi connectivity index (χ0v) is 17.7. The van der Waals surface area contributed by atoms with Gasteiger partial charge in [0.25, 0.3) is 0 Å². The Labute approximate surface area is 173 Å². The summed E-state index contributed by atoms with van der Waals surface area (Å²) in [6.45, 7) is 6.60. The van der Waals surface area contributed by atoms with Crippen molar-refractivity contribution >= 4 is 23.2 Å². The van der Waals surface area contributed by atoms with Gasteiger partial charge in [0, 0.05) is 29.9 Å². The standard InChI is InChI=1S/C21H23N5O2S/c1-14(29-20-22-23-24-26(20)13-15-8-7-11-28-15)18(27)12-19-21(2,3)16-9-5-6-10-17(16)25(19)4/h5-12,14H,13H2,1-4H3/b19-12-. The van der Waals surface area contributed by atoms with Crippen LogP contribution in [0.3, 0.4) is 0 Å². The van der Waals surface area contributed by atoms with Crippen molar-refractivity contribution in [3.63, 3.8) is 0 Å². The smallest absolute Gasteiger partial charge is 0.210 e. The summed E-state index contributed by atoms with van der Waals surface area (Å²) in [7, 11) is 2.01. The number of benzene rings is 1. The molecule has 150 valence electrons. The van der Waals surface area contributed by atoms with Gasteiger partial charge in [0.2, 0.25) is 5.16 Å². The molecule has 1 unspecified atom stereocenters. The minimum absolute atomic E-state index is 0.0327. The molecular formula is C21H23N5O2S. The van der Waals surface area contributed by atoms with Crippen LogP contribution in [0.25, 0.3) is 0 Å². The molecule has 3 heterocycles. The van der Waals surface area contributed by atoms with Gasteiger partial charge in [0.15, 0.2) is 5.78 Å². The lowest BCUT2D eigenvalue weighted by Crippen LogP contribution is -2.25. The van der Waals surface area contributed by atoms with Crippen molar-refractivity contribution in [3.05, 3.63) is 65.8 Å². The molecule has 0 saturated heterocycles. The maximum atomic E-state index is 13.0. The van der Waals surface area contributed by atoms with E-state index in [4.69, 9.17) is 4.42 Å². The Hall–Kier alpha value is -2.87. The van der Waals surface area contributed by atoms with Crippen LogP contribution in [0.2, 0.25) is 0 Å². The zero-order chi connectivity index (χ0) is 20.6. The molecule has 2 aromatic heterocycles. The predicted octanol–water partition coefficient (Wildman–Crippen LogP) is 3.68. The van der Waals surface area contributed by atoms with Gasteiger partial charge in [-0.2, -0.15) is 0 Å². The second-order valence-electron chi connectivity index (χ2n) is 7.59. The number of hydrogen-bond acceptors (Lipinski definition) is 7. The number of carbonyl (C=O) groups is 1. The average molecular weight is 410 g/mol. The Morgan fingerprint density at radius 3 is 2.79 bits per heavy atom. The molecule has 0 saturated carbocycles. The summed E-state index contributed by atoms with van der Waals surface area (Å²) in [5.41, 5.74) is 3.13. The van der Waals surface area contributed by atoms with Crippen LogP contribution in [0.5, 0.6) is 0 Å². The largest absolute Gasteiger partial charge is 0.467 e. The molecule has 0 spiro atoms. The highest BCUT2D eigenvalue weighted by Crippen LogP contribution is 2.46. The van der Waals surface area contributed by atoms with Crippen LogP contribution < -0.4 is 4.90 Å². The number of fused-ring (bicyclic) bond motifs is 1. The van der Waals surface area contributed by atoms with Gasteiger partial charge in [-0.25, -0.2) is 4.68 Å². The summed E-state index contributed by atoms with van der Waals surface area (Å²) in [4.78, 5) is 15.1. The van der Waals surface area contributed by atoms with E-state index in [1.165, 1.54) is 17.3 Å². The zero-order valence-electron chi connectivity index (χ0n) is 16.9. The van der Waals surface area contributed by atoms with E-state index >= 15 is 0 Å². The van der Waals surface area contributed by atoms with Gasteiger partial charge in [0.1, 0.15) is 12.3 Å². The van der Waals surface area contributed by atoms with Gasteiger partial charge in [-0.3, -0.25) is 4.79 Å². The van der Waals surface area contributed by atoms with E-state index in [1.54, 1.807) is 17.0 Å². The normalized spacial score (nSPS) is 17.5. The van der Waals surface area contributed by atoms with Crippen molar-refractivity contribution in [2.45, 2.75) is 43.1 Å². The minimum atomic E-state index is -0.322.